The molecule has 2 N–H and O–H groups in total. The van der Waals surface area contributed by atoms with E-state index in [1.807, 2.05) is 32.2 Å². The summed E-state index contributed by atoms with van der Waals surface area (Å²) in [5.74, 6) is 0. The van der Waals surface area contributed by atoms with Crippen molar-refractivity contribution in [1.29, 1.82) is 0 Å². The van der Waals surface area contributed by atoms with Gasteiger partial charge < -0.3 is 10.1 Å². The lowest BCUT2D eigenvalue weighted by molar-refractivity contribution is 0.0800. The molecular formula is C13H17NO. The number of rotatable bonds is 2. The van der Waals surface area contributed by atoms with Gasteiger partial charge in [0, 0.05) is 17.1 Å². The third-order valence-electron chi connectivity index (χ3n) is 2.84. The molecule has 1 heterocycles. The van der Waals surface area contributed by atoms with Crippen molar-refractivity contribution >= 4 is 10.9 Å². The molecule has 0 radical (unpaired) electrons. The summed E-state index contributed by atoms with van der Waals surface area (Å²) in [7, 11) is 0. The van der Waals surface area contributed by atoms with Crippen molar-refractivity contribution in [3.63, 3.8) is 0 Å². The molecule has 80 valence electrons. The van der Waals surface area contributed by atoms with E-state index in [1.165, 1.54) is 10.9 Å². The van der Waals surface area contributed by atoms with Crippen LogP contribution in [0.4, 0.5) is 0 Å². The van der Waals surface area contributed by atoms with Crippen molar-refractivity contribution in [2.75, 3.05) is 0 Å². The number of aromatic amines is 1. The van der Waals surface area contributed by atoms with E-state index >= 15 is 0 Å². The van der Waals surface area contributed by atoms with E-state index in [9.17, 15) is 5.11 Å². The Bertz CT molecular complexity index is 477. The topological polar surface area (TPSA) is 36.0 Å². The summed E-state index contributed by atoms with van der Waals surface area (Å²) in [6.45, 7) is 5.77. The van der Waals surface area contributed by atoms with Crippen molar-refractivity contribution in [2.45, 2.75) is 32.8 Å². The quantitative estimate of drug-likeness (QED) is 0.773. The Morgan fingerprint density at radius 1 is 1.33 bits per heavy atom. The Kier molecular flexibility index (Phi) is 2.31. The molecule has 0 aliphatic carbocycles. The Morgan fingerprint density at radius 3 is 2.67 bits per heavy atom. The smallest absolute Gasteiger partial charge is 0.0860 e. The highest BCUT2D eigenvalue weighted by Gasteiger charge is 2.19. The van der Waals surface area contributed by atoms with Gasteiger partial charge in [-0.15, -0.1) is 0 Å². The zero-order valence-electron chi connectivity index (χ0n) is 9.46. The van der Waals surface area contributed by atoms with Gasteiger partial charge in [0.25, 0.3) is 0 Å². The number of nitrogens with one attached hydrogen (secondary N) is 1. The van der Waals surface area contributed by atoms with Crippen molar-refractivity contribution in [3.05, 3.63) is 35.5 Å². The third-order valence-corrected chi connectivity index (χ3v) is 2.84. The summed E-state index contributed by atoms with van der Waals surface area (Å²) in [5.41, 5.74) is 2.52. The van der Waals surface area contributed by atoms with E-state index in [1.54, 1.807) is 0 Å². The minimum atomic E-state index is -0.796. The third kappa shape index (κ3) is 1.65. The predicted molar refractivity (Wildman–Crippen MR) is 62.9 cm³/mol. The average molecular weight is 203 g/mol. The van der Waals surface area contributed by atoms with E-state index < -0.39 is 5.60 Å². The molecule has 0 bridgehead atoms. The standard InChI is InChI=1S/C13H17NO/c1-4-9-8-14-12-10(9)6-5-7-11(12)13(2,3)15/h5-8,14-15H,4H2,1-3H3. The first-order valence-corrected chi connectivity index (χ1v) is 5.36. The zero-order chi connectivity index (χ0) is 11.1. The maximum Gasteiger partial charge on any atom is 0.0860 e. The van der Waals surface area contributed by atoms with Crippen LogP contribution < -0.4 is 0 Å². The van der Waals surface area contributed by atoms with Crippen LogP contribution in [0, 0.1) is 0 Å². The number of benzene rings is 1. The van der Waals surface area contributed by atoms with E-state index in [0.29, 0.717) is 0 Å². The monoisotopic (exact) mass is 203 g/mol. The molecule has 1 aromatic heterocycles. The van der Waals surface area contributed by atoms with Gasteiger partial charge >= 0.3 is 0 Å². The van der Waals surface area contributed by atoms with Crippen LogP contribution in [0.25, 0.3) is 10.9 Å². The van der Waals surface area contributed by atoms with Gasteiger partial charge in [-0.25, -0.2) is 0 Å². The molecule has 0 saturated carbocycles. The molecule has 2 aromatic rings. The highest BCUT2D eigenvalue weighted by Crippen LogP contribution is 2.29. The van der Waals surface area contributed by atoms with Gasteiger partial charge in [0.1, 0.15) is 0 Å². The van der Waals surface area contributed by atoms with Gasteiger partial charge in [-0.3, -0.25) is 0 Å². The van der Waals surface area contributed by atoms with Gasteiger partial charge in [0.2, 0.25) is 0 Å². The maximum atomic E-state index is 10.0. The largest absolute Gasteiger partial charge is 0.386 e. The Morgan fingerprint density at radius 2 is 2.07 bits per heavy atom. The molecule has 2 nitrogen and oxygen atoms in total. The van der Waals surface area contributed by atoms with E-state index in [4.69, 9.17) is 0 Å². The molecule has 0 amide bonds. The second-order valence-corrected chi connectivity index (χ2v) is 4.45. The molecule has 2 heteroatoms. The molecule has 0 fully saturated rings. The Balaban J connectivity index is 2.73. The first kappa shape index (κ1) is 10.2. The Labute approximate surface area is 89.9 Å². The summed E-state index contributed by atoms with van der Waals surface area (Å²) < 4.78 is 0. The SMILES string of the molecule is CCc1c[nH]c2c(C(C)(C)O)cccc12. The normalized spacial score (nSPS) is 12.3. The summed E-state index contributed by atoms with van der Waals surface area (Å²) in [6.07, 6.45) is 3.04. The molecular weight excluding hydrogens is 186 g/mol. The number of hydrogen-bond donors (Lipinski definition) is 2. The van der Waals surface area contributed by atoms with Gasteiger partial charge in [-0.05, 0) is 25.8 Å². The number of aryl methyl sites for hydroxylation is 1. The van der Waals surface area contributed by atoms with Crippen LogP contribution in [-0.2, 0) is 12.0 Å². The molecule has 1 aromatic carbocycles. The van der Waals surface area contributed by atoms with Crippen LogP contribution in [0.15, 0.2) is 24.4 Å². The second kappa shape index (κ2) is 3.38. The fraction of sp³-hybridized carbons (Fsp3) is 0.385. The maximum absolute atomic E-state index is 10.0. The van der Waals surface area contributed by atoms with E-state index in [2.05, 4.69) is 18.0 Å². The first-order valence-electron chi connectivity index (χ1n) is 5.36. The number of para-hydroxylation sites is 1. The van der Waals surface area contributed by atoms with Crippen LogP contribution >= 0.6 is 0 Å². The van der Waals surface area contributed by atoms with Crippen LogP contribution in [0.3, 0.4) is 0 Å². The molecule has 0 aliphatic rings. The fourth-order valence-electron chi connectivity index (χ4n) is 2.01. The average Bonchev–Trinajstić information content (AvgIpc) is 2.58. The lowest BCUT2D eigenvalue weighted by atomic mass is 9.95. The number of aromatic nitrogens is 1. The molecule has 0 atom stereocenters. The number of hydrogen-bond acceptors (Lipinski definition) is 1. The number of fused-ring (bicyclic) bond motifs is 1. The second-order valence-electron chi connectivity index (χ2n) is 4.45. The van der Waals surface area contributed by atoms with Crippen molar-refractivity contribution in [1.82, 2.24) is 4.98 Å². The van der Waals surface area contributed by atoms with Crippen LogP contribution in [0.1, 0.15) is 31.9 Å². The van der Waals surface area contributed by atoms with Gasteiger partial charge in [-0.2, -0.15) is 0 Å². The number of H-pyrrole nitrogens is 1. The fourth-order valence-corrected chi connectivity index (χ4v) is 2.01. The van der Waals surface area contributed by atoms with E-state index in [-0.39, 0.29) is 0 Å². The van der Waals surface area contributed by atoms with Gasteiger partial charge in [0.05, 0.1) is 11.1 Å². The van der Waals surface area contributed by atoms with Crippen LogP contribution in [-0.4, -0.2) is 10.1 Å². The van der Waals surface area contributed by atoms with Crippen molar-refractivity contribution < 1.29 is 5.11 Å². The highest BCUT2D eigenvalue weighted by molar-refractivity contribution is 5.86. The van der Waals surface area contributed by atoms with Gasteiger partial charge in [-0.1, -0.05) is 25.1 Å². The molecule has 2 rings (SSSR count). The molecule has 0 spiro atoms. The molecule has 0 saturated heterocycles. The summed E-state index contributed by atoms with van der Waals surface area (Å²) in [5, 5.41) is 11.3. The first-order chi connectivity index (χ1) is 7.04. The molecule has 0 unspecified atom stereocenters. The van der Waals surface area contributed by atoms with Crippen LogP contribution in [0.2, 0.25) is 0 Å². The van der Waals surface area contributed by atoms with Crippen molar-refractivity contribution in [2.24, 2.45) is 0 Å². The zero-order valence-corrected chi connectivity index (χ0v) is 9.46. The van der Waals surface area contributed by atoms with E-state index in [0.717, 1.165) is 17.5 Å². The van der Waals surface area contributed by atoms with Gasteiger partial charge in [0.15, 0.2) is 0 Å². The lowest BCUT2D eigenvalue weighted by Gasteiger charge is -2.18. The minimum Gasteiger partial charge on any atom is -0.386 e. The highest BCUT2D eigenvalue weighted by atomic mass is 16.3. The predicted octanol–water partition coefficient (Wildman–Crippen LogP) is 2.96. The van der Waals surface area contributed by atoms with Crippen molar-refractivity contribution in [3.8, 4) is 0 Å². The summed E-state index contributed by atoms with van der Waals surface area (Å²) >= 11 is 0. The summed E-state index contributed by atoms with van der Waals surface area (Å²) in [4.78, 5) is 3.25. The molecule has 15 heavy (non-hydrogen) atoms. The number of aliphatic hydroxyl groups is 1. The Hall–Kier alpha value is -1.28. The van der Waals surface area contributed by atoms with Crippen LogP contribution in [0.5, 0.6) is 0 Å². The minimum absolute atomic E-state index is 0.796. The lowest BCUT2D eigenvalue weighted by Crippen LogP contribution is -2.15. The summed E-state index contributed by atoms with van der Waals surface area (Å²) in [6, 6.07) is 6.07. The molecule has 0 aliphatic heterocycles.